The second kappa shape index (κ2) is 10.3. The molecule has 32 heavy (non-hydrogen) atoms. The van der Waals surface area contributed by atoms with Gasteiger partial charge in [-0.2, -0.15) is 0 Å². The van der Waals surface area contributed by atoms with Gasteiger partial charge in [-0.1, -0.05) is 35.1 Å². The van der Waals surface area contributed by atoms with E-state index in [-0.39, 0.29) is 17.7 Å². The number of rotatable bonds is 8. The molecule has 1 atom stereocenters. The number of thioether (sulfide) groups is 1. The average Bonchev–Trinajstić information content (AvgIpc) is 3.41. The van der Waals surface area contributed by atoms with Gasteiger partial charge in [0.25, 0.3) is 0 Å². The van der Waals surface area contributed by atoms with Crippen molar-refractivity contribution in [2.24, 2.45) is 0 Å². The summed E-state index contributed by atoms with van der Waals surface area (Å²) in [7, 11) is 1.61. The molecule has 2 aromatic carbocycles. The summed E-state index contributed by atoms with van der Waals surface area (Å²) in [6.45, 7) is 0.532. The number of benzene rings is 2. The van der Waals surface area contributed by atoms with Crippen LogP contribution in [0.25, 0.3) is 0 Å². The van der Waals surface area contributed by atoms with E-state index in [0.29, 0.717) is 28.9 Å². The van der Waals surface area contributed by atoms with Gasteiger partial charge >= 0.3 is 0 Å². The number of carbonyl (C=O) groups is 2. The molecule has 10 heteroatoms. The maximum Gasteiger partial charge on any atom is 0.236 e. The molecule has 2 heterocycles. The normalized spacial score (nSPS) is 15.8. The van der Waals surface area contributed by atoms with Crippen molar-refractivity contribution in [3.63, 3.8) is 0 Å². The first-order valence-corrected chi connectivity index (χ1v) is 12.3. The Morgan fingerprint density at radius 3 is 2.69 bits per heavy atom. The molecule has 0 radical (unpaired) electrons. The molecule has 0 aliphatic carbocycles. The van der Waals surface area contributed by atoms with Crippen molar-refractivity contribution in [2.45, 2.75) is 18.1 Å². The zero-order chi connectivity index (χ0) is 22.5. The Bertz CT molecular complexity index is 1090. The molecule has 1 aromatic heterocycles. The van der Waals surface area contributed by atoms with Crippen LogP contribution in [0.4, 0.5) is 10.8 Å². The summed E-state index contributed by atoms with van der Waals surface area (Å²) in [5.74, 6) is 1.63. The number of anilines is 2. The van der Waals surface area contributed by atoms with Crippen LogP contribution in [-0.2, 0) is 15.3 Å². The van der Waals surface area contributed by atoms with E-state index >= 15 is 0 Å². The summed E-state index contributed by atoms with van der Waals surface area (Å²) in [5, 5.41) is 13.0. The Balaban J connectivity index is 1.28. The number of nitrogens with zero attached hydrogens (tertiary/aromatic N) is 3. The maximum absolute atomic E-state index is 12.5. The number of halogens is 1. The van der Waals surface area contributed by atoms with Gasteiger partial charge in [-0.15, -0.1) is 22.0 Å². The van der Waals surface area contributed by atoms with Crippen LogP contribution in [0.3, 0.4) is 0 Å². The van der Waals surface area contributed by atoms with Crippen molar-refractivity contribution < 1.29 is 14.3 Å². The van der Waals surface area contributed by atoms with Gasteiger partial charge in [-0.3, -0.25) is 14.9 Å². The zero-order valence-electron chi connectivity index (χ0n) is 17.3. The quantitative estimate of drug-likeness (QED) is 0.499. The summed E-state index contributed by atoms with van der Waals surface area (Å²) < 4.78 is 5.17. The molecule has 1 unspecified atom stereocenters. The standard InChI is InChI=1S/C22H21ClN4O3S2/c1-30-18-8-6-17(7-9-18)27-11-15(10-20(27)29)21-25-26-22(32-21)24-19(28)13-31-12-14-2-4-16(23)5-3-14/h2-9,15H,10-13H2,1H3,(H,24,26,28). The second-order valence-corrected chi connectivity index (χ2v) is 9.65. The molecule has 7 nitrogen and oxygen atoms in total. The third-order valence-corrected chi connectivity index (χ3v) is 7.22. The molecule has 1 N–H and O–H groups in total. The lowest BCUT2D eigenvalue weighted by Gasteiger charge is -2.16. The van der Waals surface area contributed by atoms with Crippen molar-refractivity contribution >= 4 is 57.3 Å². The molecule has 0 spiro atoms. The fourth-order valence-corrected chi connectivity index (χ4v) is 5.10. The smallest absolute Gasteiger partial charge is 0.236 e. The van der Waals surface area contributed by atoms with E-state index in [1.807, 2.05) is 48.5 Å². The van der Waals surface area contributed by atoms with E-state index in [0.717, 1.165) is 27.8 Å². The Morgan fingerprint density at radius 1 is 1.22 bits per heavy atom. The number of hydrogen-bond acceptors (Lipinski definition) is 7. The summed E-state index contributed by atoms with van der Waals surface area (Å²) in [6.07, 6.45) is 0.367. The average molecular weight is 489 g/mol. The molecule has 4 rings (SSSR count). The minimum Gasteiger partial charge on any atom is -0.497 e. The van der Waals surface area contributed by atoms with Gasteiger partial charge in [0.05, 0.1) is 12.9 Å². The molecule has 166 valence electrons. The van der Waals surface area contributed by atoms with Crippen LogP contribution < -0.4 is 15.0 Å². The lowest BCUT2D eigenvalue weighted by molar-refractivity contribution is -0.117. The highest BCUT2D eigenvalue weighted by molar-refractivity contribution is 7.99. The van der Waals surface area contributed by atoms with Gasteiger partial charge in [-0.25, -0.2) is 0 Å². The predicted molar refractivity (Wildman–Crippen MR) is 129 cm³/mol. The first-order chi connectivity index (χ1) is 15.5. The second-order valence-electron chi connectivity index (χ2n) is 7.22. The van der Waals surface area contributed by atoms with E-state index in [4.69, 9.17) is 16.3 Å². The Morgan fingerprint density at radius 2 is 1.97 bits per heavy atom. The highest BCUT2D eigenvalue weighted by Gasteiger charge is 2.34. The van der Waals surface area contributed by atoms with Crippen molar-refractivity contribution in [1.29, 1.82) is 0 Å². The number of amides is 2. The van der Waals surface area contributed by atoms with Crippen molar-refractivity contribution in [1.82, 2.24) is 10.2 Å². The first-order valence-electron chi connectivity index (χ1n) is 9.91. The molecule has 2 amide bonds. The summed E-state index contributed by atoms with van der Waals surface area (Å²) in [5.41, 5.74) is 1.94. The topological polar surface area (TPSA) is 84.4 Å². The number of carbonyl (C=O) groups excluding carboxylic acids is 2. The number of methoxy groups -OCH3 is 1. The zero-order valence-corrected chi connectivity index (χ0v) is 19.7. The fourth-order valence-electron chi connectivity index (χ4n) is 3.33. The van der Waals surface area contributed by atoms with E-state index in [1.165, 1.54) is 23.1 Å². The van der Waals surface area contributed by atoms with Gasteiger partial charge in [0.15, 0.2) is 0 Å². The van der Waals surface area contributed by atoms with Crippen molar-refractivity contribution in [3.05, 3.63) is 64.1 Å². The van der Waals surface area contributed by atoms with Crippen LogP contribution in [0, 0.1) is 0 Å². The Hall–Kier alpha value is -2.62. The fraction of sp³-hybridized carbons (Fsp3) is 0.273. The maximum atomic E-state index is 12.5. The minimum atomic E-state index is -0.131. The highest BCUT2D eigenvalue weighted by atomic mass is 35.5. The SMILES string of the molecule is COc1ccc(N2CC(c3nnc(NC(=O)CSCc4ccc(Cl)cc4)s3)CC2=O)cc1. The van der Waals surface area contributed by atoms with Crippen LogP contribution in [0.15, 0.2) is 48.5 Å². The largest absolute Gasteiger partial charge is 0.497 e. The van der Waals surface area contributed by atoms with Crippen molar-refractivity contribution in [3.8, 4) is 5.75 Å². The van der Waals surface area contributed by atoms with E-state index in [2.05, 4.69) is 15.5 Å². The summed E-state index contributed by atoms with van der Waals surface area (Å²) in [4.78, 5) is 26.5. The monoisotopic (exact) mass is 488 g/mol. The van der Waals surface area contributed by atoms with E-state index in [1.54, 1.807) is 12.0 Å². The molecule has 0 saturated carbocycles. The number of hydrogen-bond donors (Lipinski definition) is 1. The molecular formula is C22H21ClN4O3S2. The van der Waals surface area contributed by atoms with E-state index < -0.39 is 0 Å². The van der Waals surface area contributed by atoms with Crippen LogP contribution in [0.1, 0.15) is 22.9 Å². The molecular weight excluding hydrogens is 468 g/mol. The number of aromatic nitrogens is 2. The summed E-state index contributed by atoms with van der Waals surface area (Å²) in [6, 6.07) is 15.0. The molecule has 1 saturated heterocycles. The van der Waals surface area contributed by atoms with E-state index in [9.17, 15) is 9.59 Å². The lowest BCUT2D eigenvalue weighted by atomic mass is 10.1. The van der Waals surface area contributed by atoms with Crippen LogP contribution in [0.2, 0.25) is 5.02 Å². The molecule has 3 aromatic rings. The summed E-state index contributed by atoms with van der Waals surface area (Å²) >= 11 is 8.72. The van der Waals surface area contributed by atoms with Crippen LogP contribution >= 0.6 is 34.7 Å². The Labute approximate surface area is 199 Å². The highest BCUT2D eigenvalue weighted by Crippen LogP contribution is 2.34. The first kappa shape index (κ1) is 22.6. The minimum absolute atomic E-state index is 0.0413. The molecule has 1 aliphatic rings. The van der Waals surface area contributed by atoms with Gasteiger partial charge < -0.3 is 9.64 Å². The van der Waals surface area contributed by atoms with Gasteiger partial charge in [0, 0.05) is 35.3 Å². The Kier molecular flexibility index (Phi) is 7.29. The van der Waals surface area contributed by atoms with Crippen LogP contribution in [0.5, 0.6) is 5.75 Å². The predicted octanol–water partition coefficient (Wildman–Crippen LogP) is 4.59. The molecule has 1 aliphatic heterocycles. The third-order valence-electron chi connectivity index (χ3n) is 4.96. The van der Waals surface area contributed by atoms with Gasteiger partial charge in [0.2, 0.25) is 16.9 Å². The lowest BCUT2D eigenvalue weighted by Crippen LogP contribution is -2.24. The third kappa shape index (κ3) is 5.59. The number of ether oxygens (including phenoxy) is 1. The molecule has 1 fully saturated rings. The van der Waals surface area contributed by atoms with Crippen LogP contribution in [-0.4, -0.2) is 41.4 Å². The van der Waals surface area contributed by atoms with Gasteiger partial charge in [-0.05, 0) is 42.0 Å². The molecule has 0 bridgehead atoms. The van der Waals surface area contributed by atoms with Gasteiger partial charge in [0.1, 0.15) is 10.8 Å². The van der Waals surface area contributed by atoms with Crippen molar-refractivity contribution in [2.75, 3.05) is 29.6 Å². The number of nitrogens with one attached hydrogen (secondary N) is 1.